The van der Waals surface area contributed by atoms with E-state index in [1.54, 1.807) is 4.57 Å². The standard InChI is InChI=1S/C25H35N5O3/c1-5-7-9-15-29-20(12-13-21(31)26-19-16-17(3)10-11-18(19)4)27-23-22(29)24(32)28-25(33)30(23)14-8-6-2/h10-11,16H,5-9,12-15H2,1-4H3,(H,26,31)(H,28,32,33). The highest BCUT2D eigenvalue weighted by Gasteiger charge is 2.19. The van der Waals surface area contributed by atoms with E-state index in [-0.39, 0.29) is 12.3 Å². The highest BCUT2D eigenvalue weighted by atomic mass is 16.2. The van der Waals surface area contributed by atoms with Crippen LogP contribution in [0.25, 0.3) is 11.2 Å². The Kier molecular flexibility index (Phi) is 8.25. The number of anilines is 1. The van der Waals surface area contributed by atoms with Crippen molar-refractivity contribution in [3.63, 3.8) is 0 Å². The van der Waals surface area contributed by atoms with Crippen molar-refractivity contribution in [1.29, 1.82) is 0 Å². The quantitative estimate of drug-likeness (QED) is 0.427. The molecule has 2 N–H and O–H groups in total. The van der Waals surface area contributed by atoms with Crippen molar-refractivity contribution in [2.75, 3.05) is 5.32 Å². The van der Waals surface area contributed by atoms with Crippen molar-refractivity contribution in [1.82, 2.24) is 19.1 Å². The minimum atomic E-state index is -0.432. The summed E-state index contributed by atoms with van der Waals surface area (Å²) in [5, 5.41) is 2.99. The molecule has 2 aromatic heterocycles. The van der Waals surface area contributed by atoms with E-state index >= 15 is 0 Å². The Morgan fingerprint density at radius 2 is 1.76 bits per heavy atom. The summed E-state index contributed by atoms with van der Waals surface area (Å²) in [4.78, 5) is 45.0. The summed E-state index contributed by atoms with van der Waals surface area (Å²) in [7, 11) is 0. The van der Waals surface area contributed by atoms with Crippen LogP contribution in [0.15, 0.2) is 27.8 Å². The second-order valence-corrected chi connectivity index (χ2v) is 8.69. The second kappa shape index (κ2) is 11.1. The Hall–Kier alpha value is -3.16. The number of nitrogens with zero attached hydrogens (tertiary/aromatic N) is 3. The van der Waals surface area contributed by atoms with Gasteiger partial charge in [0.15, 0.2) is 11.2 Å². The molecule has 0 fully saturated rings. The number of carbonyl (C=O) groups excluding carboxylic acids is 1. The van der Waals surface area contributed by atoms with Gasteiger partial charge in [0.2, 0.25) is 5.91 Å². The van der Waals surface area contributed by atoms with Crippen LogP contribution >= 0.6 is 0 Å². The van der Waals surface area contributed by atoms with Crippen molar-refractivity contribution in [2.45, 2.75) is 85.7 Å². The van der Waals surface area contributed by atoms with Crippen molar-refractivity contribution in [2.24, 2.45) is 0 Å². The first kappa shape index (κ1) is 24.5. The zero-order valence-corrected chi connectivity index (χ0v) is 20.2. The van der Waals surface area contributed by atoms with Gasteiger partial charge in [-0.1, -0.05) is 45.2 Å². The number of aryl methyl sites for hydroxylation is 5. The van der Waals surface area contributed by atoms with Crippen LogP contribution in [0, 0.1) is 13.8 Å². The van der Waals surface area contributed by atoms with Gasteiger partial charge in [-0.3, -0.25) is 19.1 Å². The highest BCUT2D eigenvalue weighted by Crippen LogP contribution is 2.18. The first-order chi connectivity index (χ1) is 15.8. The summed E-state index contributed by atoms with van der Waals surface area (Å²) >= 11 is 0. The number of hydrogen-bond donors (Lipinski definition) is 2. The van der Waals surface area contributed by atoms with Gasteiger partial charge in [-0.15, -0.1) is 0 Å². The third kappa shape index (κ3) is 5.80. The zero-order valence-electron chi connectivity index (χ0n) is 20.2. The van der Waals surface area contributed by atoms with E-state index < -0.39 is 11.2 Å². The maximum Gasteiger partial charge on any atom is 0.330 e. The lowest BCUT2D eigenvalue weighted by molar-refractivity contribution is -0.116. The predicted molar refractivity (Wildman–Crippen MR) is 132 cm³/mol. The minimum Gasteiger partial charge on any atom is -0.326 e. The number of aromatic amines is 1. The molecule has 1 amide bonds. The fourth-order valence-corrected chi connectivity index (χ4v) is 4.00. The normalized spacial score (nSPS) is 11.3. The highest BCUT2D eigenvalue weighted by molar-refractivity contribution is 5.91. The van der Waals surface area contributed by atoms with Crippen LogP contribution in [0.4, 0.5) is 5.69 Å². The summed E-state index contributed by atoms with van der Waals surface area (Å²) < 4.78 is 3.45. The van der Waals surface area contributed by atoms with E-state index in [0.717, 1.165) is 48.9 Å². The molecule has 0 spiro atoms. The van der Waals surface area contributed by atoms with E-state index in [1.165, 1.54) is 0 Å². The third-order valence-corrected chi connectivity index (χ3v) is 5.93. The molecule has 0 unspecified atom stereocenters. The fourth-order valence-electron chi connectivity index (χ4n) is 4.00. The van der Waals surface area contributed by atoms with Gasteiger partial charge in [-0.05, 0) is 43.9 Å². The van der Waals surface area contributed by atoms with E-state index in [2.05, 4.69) is 24.1 Å². The average Bonchev–Trinajstić information content (AvgIpc) is 3.13. The molecule has 8 heteroatoms. The number of hydrogen-bond acceptors (Lipinski definition) is 4. The van der Waals surface area contributed by atoms with Gasteiger partial charge < -0.3 is 9.88 Å². The van der Waals surface area contributed by atoms with Crippen molar-refractivity contribution >= 4 is 22.8 Å². The van der Waals surface area contributed by atoms with Gasteiger partial charge in [0.25, 0.3) is 5.56 Å². The summed E-state index contributed by atoms with van der Waals surface area (Å²) in [6, 6.07) is 5.96. The molecule has 1 aromatic carbocycles. The van der Waals surface area contributed by atoms with Crippen molar-refractivity contribution in [3.8, 4) is 0 Å². The Labute approximate surface area is 194 Å². The molecular weight excluding hydrogens is 418 g/mol. The SMILES string of the molecule is CCCCCn1c(CCC(=O)Nc2cc(C)ccc2C)nc2c1c(=O)[nH]c(=O)n2CCCC. The lowest BCUT2D eigenvalue weighted by Gasteiger charge is -2.11. The van der Waals surface area contributed by atoms with Crippen LogP contribution in [0.2, 0.25) is 0 Å². The molecule has 2 heterocycles. The zero-order chi connectivity index (χ0) is 24.0. The smallest absolute Gasteiger partial charge is 0.326 e. The molecule has 3 rings (SSSR count). The first-order valence-electron chi connectivity index (χ1n) is 11.9. The Balaban J connectivity index is 1.91. The number of H-pyrrole nitrogens is 1. The number of unbranched alkanes of at least 4 members (excludes halogenated alkanes) is 3. The number of benzene rings is 1. The van der Waals surface area contributed by atoms with Crippen LogP contribution in [0.5, 0.6) is 0 Å². The maximum absolute atomic E-state index is 12.7. The van der Waals surface area contributed by atoms with Gasteiger partial charge in [0.05, 0.1) is 0 Å². The predicted octanol–water partition coefficient (Wildman–Crippen LogP) is 4.06. The van der Waals surface area contributed by atoms with E-state index in [1.807, 2.05) is 36.6 Å². The van der Waals surface area contributed by atoms with E-state index in [4.69, 9.17) is 4.98 Å². The topological polar surface area (TPSA) is 102 Å². The largest absolute Gasteiger partial charge is 0.330 e. The van der Waals surface area contributed by atoms with Crippen LogP contribution in [-0.2, 0) is 24.3 Å². The third-order valence-electron chi connectivity index (χ3n) is 5.93. The summed E-state index contributed by atoms with van der Waals surface area (Å²) in [5.74, 6) is 0.562. The molecule has 0 radical (unpaired) electrons. The van der Waals surface area contributed by atoms with Gasteiger partial charge >= 0.3 is 5.69 Å². The van der Waals surface area contributed by atoms with Crippen LogP contribution in [0.1, 0.15) is 69.3 Å². The van der Waals surface area contributed by atoms with Gasteiger partial charge in [-0.2, -0.15) is 0 Å². The van der Waals surface area contributed by atoms with Gasteiger partial charge in [-0.25, -0.2) is 9.78 Å². The van der Waals surface area contributed by atoms with Gasteiger partial charge in [0.1, 0.15) is 5.82 Å². The number of imidazole rings is 1. The molecule has 0 saturated heterocycles. The van der Waals surface area contributed by atoms with Crippen LogP contribution < -0.4 is 16.6 Å². The van der Waals surface area contributed by atoms with E-state index in [0.29, 0.717) is 36.5 Å². The fraction of sp³-hybridized carbons (Fsp3) is 0.520. The lowest BCUT2D eigenvalue weighted by atomic mass is 10.1. The molecule has 0 aliphatic carbocycles. The molecular formula is C25H35N5O3. The van der Waals surface area contributed by atoms with Crippen molar-refractivity contribution < 1.29 is 4.79 Å². The summed E-state index contributed by atoms with van der Waals surface area (Å²) in [6.07, 6.45) is 5.35. The molecule has 0 aliphatic rings. The van der Waals surface area contributed by atoms with Crippen molar-refractivity contribution in [3.05, 3.63) is 56.0 Å². The number of nitrogens with one attached hydrogen (secondary N) is 2. The first-order valence-corrected chi connectivity index (χ1v) is 11.9. The Morgan fingerprint density at radius 3 is 2.48 bits per heavy atom. The maximum atomic E-state index is 12.7. The summed E-state index contributed by atoms with van der Waals surface area (Å²) in [5.41, 5.74) is 2.88. The molecule has 0 bridgehead atoms. The number of rotatable bonds is 11. The number of amides is 1. The molecule has 33 heavy (non-hydrogen) atoms. The van der Waals surface area contributed by atoms with Gasteiger partial charge in [0, 0.05) is 31.6 Å². The summed E-state index contributed by atoms with van der Waals surface area (Å²) in [6.45, 7) is 9.26. The second-order valence-electron chi connectivity index (χ2n) is 8.69. The molecule has 0 aliphatic heterocycles. The minimum absolute atomic E-state index is 0.104. The monoisotopic (exact) mass is 453 g/mol. The Morgan fingerprint density at radius 1 is 1.03 bits per heavy atom. The molecule has 8 nitrogen and oxygen atoms in total. The van der Waals surface area contributed by atoms with E-state index in [9.17, 15) is 14.4 Å². The number of carbonyl (C=O) groups is 1. The number of aromatic nitrogens is 4. The van der Waals surface area contributed by atoms with Crippen LogP contribution in [-0.4, -0.2) is 25.0 Å². The Bertz CT molecular complexity index is 1240. The molecule has 178 valence electrons. The molecule has 0 saturated carbocycles. The average molecular weight is 454 g/mol. The number of fused-ring (bicyclic) bond motifs is 1. The van der Waals surface area contributed by atoms with Crippen LogP contribution in [0.3, 0.4) is 0 Å². The molecule has 3 aromatic rings. The molecule has 0 atom stereocenters. The lowest BCUT2D eigenvalue weighted by Crippen LogP contribution is -2.31.